The van der Waals surface area contributed by atoms with E-state index in [1.807, 2.05) is 0 Å². The second-order valence-electron chi connectivity index (χ2n) is 6.46. The molecule has 1 N–H and O–H groups in total. The number of rotatable bonds is 4. The highest BCUT2D eigenvalue weighted by Gasteiger charge is 2.29. The van der Waals surface area contributed by atoms with Gasteiger partial charge in [0.25, 0.3) is 5.91 Å². The Labute approximate surface area is 155 Å². The van der Waals surface area contributed by atoms with E-state index in [0.29, 0.717) is 37.1 Å². The van der Waals surface area contributed by atoms with Crippen molar-refractivity contribution in [3.63, 3.8) is 0 Å². The molecule has 4 nitrogen and oxygen atoms in total. The molecule has 0 bridgehead atoms. The van der Waals surface area contributed by atoms with Crippen LogP contribution in [0.2, 0.25) is 0 Å². The van der Waals surface area contributed by atoms with Crippen molar-refractivity contribution in [3.8, 4) is 0 Å². The fraction of sp³-hybridized carbons (Fsp3) is 0.300. The summed E-state index contributed by atoms with van der Waals surface area (Å²) in [4.78, 5) is 25.5. The van der Waals surface area contributed by atoms with E-state index in [1.165, 1.54) is 19.1 Å². The van der Waals surface area contributed by atoms with Crippen molar-refractivity contribution in [2.75, 3.05) is 18.0 Å². The molecule has 0 saturated heterocycles. The fourth-order valence-electron chi connectivity index (χ4n) is 3.15. The van der Waals surface area contributed by atoms with Gasteiger partial charge >= 0.3 is 6.18 Å². The predicted octanol–water partition coefficient (Wildman–Crippen LogP) is 3.59. The van der Waals surface area contributed by atoms with Gasteiger partial charge in [0.1, 0.15) is 0 Å². The number of alkyl halides is 3. The van der Waals surface area contributed by atoms with Crippen molar-refractivity contribution < 1.29 is 22.8 Å². The molecule has 0 aliphatic carbocycles. The Bertz CT molecular complexity index is 861. The van der Waals surface area contributed by atoms with Gasteiger partial charge in [-0.1, -0.05) is 12.1 Å². The maximum Gasteiger partial charge on any atom is 0.416 e. The highest BCUT2D eigenvalue weighted by Crippen LogP contribution is 2.30. The molecular formula is C20H19F3N2O2. The standard InChI is InChI=1S/C20H19F3N2O2/c1-13(26)25-11-9-15-12-16(4-7-18(15)25)19(27)24-10-8-14-2-5-17(6-3-14)20(21,22)23/h2-7,12H,8-11H2,1H3,(H,24,27). The molecule has 0 unspecified atom stereocenters. The number of hydrogen-bond acceptors (Lipinski definition) is 2. The molecule has 1 aliphatic rings. The summed E-state index contributed by atoms with van der Waals surface area (Å²) in [6, 6.07) is 10.1. The minimum atomic E-state index is -4.35. The molecule has 3 rings (SSSR count). The van der Waals surface area contributed by atoms with Gasteiger partial charge in [-0.2, -0.15) is 13.2 Å². The van der Waals surface area contributed by atoms with E-state index in [4.69, 9.17) is 0 Å². The van der Waals surface area contributed by atoms with Crippen LogP contribution in [0.5, 0.6) is 0 Å². The summed E-state index contributed by atoms with van der Waals surface area (Å²) in [5, 5.41) is 2.78. The van der Waals surface area contributed by atoms with Crippen LogP contribution in [0.1, 0.15) is 34.0 Å². The highest BCUT2D eigenvalue weighted by atomic mass is 19.4. The Morgan fingerprint density at radius 1 is 1.11 bits per heavy atom. The third kappa shape index (κ3) is 4.30. The van der Waals surface area contributed by atoms with Gasteiger partial charge in [-0.05, 0) is 54.3 Å². The molecule has 0 aromatic heterocycles. The lowest BCUT2D eigenvalue weighted by Gasteiger charge is -2.14. The number of benzene rings is 2. The minimum absolute atomic E-state index is 0.0255. The normalized spacial score (nSPS) is 13.4. The van der Waals surface area contributed by atoms with Crippen LogP contribution >= 0.6 is 0 Å². The third-order valence-corrected chi connectivity index (χ3v) is 4.60. The first kappa shape index (κ1) is 18.9. The van der Waals surface area contributed by atoms with E-state index in [9.17, 15) is 22.8 Å². The van der Waals surface area contributed by atoms with E-state index >= 15 is 0 Å². The molecule has 27 heavy (non-hydrogen) atoms. The lowest BCUT2D eigenvalue weighted by molar-refractivity contribution is -0.137. The van der Waals surface area contributed by atoms with Gasteiger partial charge in [0.2, 0.25) is 5.91 Å². The molecule has 142 valence electrons. The number of anilines is 1. The van der Waals surface area contributed by atoms with Crippen molar-refractivity contribution in [1.82, 2.24) is 5.32 Å². The average Bonchev–Trinajstić information content (AvgIpc) is 3.04. The zero-order valence-electron chi connectivity index (χ0n) is 14.8. The number of carbonyl (C=O) groups excluding carboxylic acids is 2. The van der Waals surface area contributed by atoms with Gasteiger partial charge in [0.15, 0.2) is 0 Å². The molecule has 0 saturated carbocycles. The average molecular weight is 376 g/mol. The van der Waals surface area contributed by atoms with Crippen LogP contribution in [0.3, 0.4) is 0 Å². The molecule has 1 aliphatic heterocycles. The predicted molar refractivity (Wildman–Crippen MR) is 95.7 cm³/mol. The van der Waals surface area contributed by atoms with E-state index in [-0.39, 0.29) is 11.8 Å². The number of carbonyl (C=O) groups is 2. The monoisotopic (exact) mass is 376 g/mol. The summed E-state index contributed by atoms with van der Waals surface area (Å²) >= 11 is 0. The smallest absolute Gasteiger partial charge is 0.352 e. The zero-order chi connectivity index (χ0) is 19.6. The molecule has 2 aromatic carbocycles. The fourth-order valence-corrected chi connectivity index (χ4v) is 3.15. The zero-order valence-corrected chi connectivity index (χ0v) is 14.8. The van der Waals surface area contributed by atoms with Crippen molar-refractivity contribution in [2.24, 2.45) is 0 Å². The van der Waals surface area contributed by atoms with E-state index in [2.05, 4.69) is 5.32 Å². The van der Waals surface area contributed by atoms with Crippen LogP contribution in [0.4, 0.5) is 18.9 Å². The van der Waals surface area contributed by atoms with Crippen molar-refractivity contribution >= 4 is 17.5 Å². The van der Waals surface area contributed by atoms with E-state index < -0.39 is 11.7 Å². The lowest BCUT2D eigenvalue weighted by atomic mass is 10.1. The summed E-state index contributed by atoms with van der Waals surface area (Å²) in [6.45, 7) is 2.45. The largest absolute Gasteiger partial charge is 0.416 e. The Balaban J connectivity index is 1.56. The summed E-state index contributed by atoms with van der Waals surface area (Å²) in [5.74, 6) is -0.270. The number of halogens is 3. The Morgan fingerprint density at radius 2 is 1.81 bits per heavy atom. The summed E-state index contributed by atoms with van der Waals surface area (Å²) in [7, 11) is 0. The van der Waals surface area contributed by atoms with Gasteiger partial charge in [-0.15, -0.1) is 0 Å². The number of fused-ring (bicyclic) bond motifs is 1. The van der Waals surface area contributed by atoms with Crippen molar-refractivity contribution in [2.45, 2.75) is 25.9 Å². The second kappa shape index (κ2) is 7.42. The van der Waals surface area contributed by atoms with Gasteiger partial charge in [0, 0.05) is 31.3 Å². The van der Waals surface area contributed by atoms with Crippen LogP contribution in [-0.4, -0.2) is 24.9 Å². The maximum atomic E-state index is 12.5. The summed E-state index contributed by atoms with van der Waals surface area (Å²) < 4.78 is 37.6. The number of nitrogens with zero attached hydrogens (tertiary/aromatic N) is 1. The molecule has 2 amide bonds. The minimum Gasteiger partial charge on any atom is -0.352 e. The third-order valence-electron chi connectivity index (χ3n) is 4.60. The van der Waals surface area contributed by atoms with Crippen LogP contribution in [0.15, 0.2) is 42.5 Å². The molecule has 0 radical (unpaired) electrons. The molecule has 0 atom stereocenters. The highest BCUT2D eigenvalue weighted by molar-refractivity contribution is 5.97. The number of hydrogen-bond donors (Lipinski definition) is 1. The Morgan fingerprint density at radius 3 is 2.44 bits per heavy atom. The van der Waals surface area contributed by atoms with Crippen molar-refractivity contribution in [1.29, 1.82) is 0 Å². The van der Waals surface area contributed by atoms with Crippen LogP contribution in [0, 0.1) is 0 Å². The summed E-state index contributed by atoms with van der Waals surface area (Å²) in [6.07, 6.45) is -3.20. The Hall–Kier alpha value is -2.83. The van der Waals surface area contributed by atoms with E-state index in [1.54, 1.807) is 23.1 Å². The van der Waals surface area contributed by atoms with Gasteiger partial charge in [-0.3, -0.25) is 9.59 Å². The SMILES string of the molecule is CC(=O)N1CCc2cc(C(=O)NCCc3ccc(C(F)(F)F)cc3)ccc21. The van der Waals surface area contributed by atoms with Gasteiger partial charge in [0.05, 0.1) is 5.56 Å². The summed E-state index contributed by atoms with van der Waals surface area (Å²) in [5.41, 5.74) is 2.33. The van der Waals surface area contributed by atoms with Gasteiger partial charge in [-0.25, -0.2) is 0 Å². The molecular weight excluding hydrogens is 357 g/mol. The van der Waals surface area contributed by atoms with Crippen LogP contribution in [0.25, 0.3) is 0 Å². The first-order chi connectivity index (χ1) is 12.8. The number of nitrogens with one attached hydrogen (secondary N) is 1. The van der Waals surface area contributed by atoms with Crippen LogP contribution in [-0.2, 0) is 23.8 Å². The first-order valence-corrected chi connectivity index (χ1v) is 8.61. The second-order valence-corrected chi connectivity index (χ2v) is 6.46. The maximum absolute atomic E-state index is 12.5. The Kier molecular flexibility index (Phi) is 5.21. The lowest BCUT2D eigenvalue weighted by Crippen LogP contribution is -2.26. The molecule has 0 fully saturated rings. The van der Waals surface area contributed by atoms with Crippen LogP contribution < -0.4 is 10.2 Å². The molecule has 7 heteroatoms. The molecule has 0 spiro atoms. The van der Waals surface area contributed by atoms with E-state index in [0.717, 1.165) is 23.4 Å². The first-order valence-electron chi connectivity index (χ1n) is 8.61. The molecule has 1 heterocycles. The molecule has 2 aromatic rings. The number of amides is 2. The van der Waals surface area contributed by atoms with Gasteiger partial charge < -0.3 is 10.2 Å². The van der Waals surface area contributed by atoms with Crippen molar-refractivity contribution in [3.05, 3.63) is 64.7 Å². The topological polar surface area (TPSA) is 49.4 Å². The quantitative estimate of drug-likeness (QED) is 0.887.